The van der Waals surface area contributed by atoms with Crippen LogP contribution in [0.1, 0.15) is 31.5 Å². The minimum atomic E-state index is -3.86. The van der Waals surface area contributed by atoms with Gasteiger partial charge in [0.2, 0.25) is 21.8 Å². The summed E-state index contributed by atoms with van der Waals surface area (Å²) >= 11 is 0. The number of carbonyl (C=O) groups excluding carboxylic acids is 1. The van der Waals surface area contributed by atoms with Crippen LogP contribution in [0.5, 0.6) is 0 Å². The number of hydrogen-bond donors (Lipinski definition) is 1. The maximum atomic E-state index is 13.1. The molecule has 8 nitrogen and oxygen atoms in total. The maximum absolute atomic E-state index is 13.1. The first kappa shape index (κ1) is 19.4. The molecule has 1 N–H and O–H groups in total. The summed E-state index contributed by atoms with van der Waals surface area (Å²) in [7, 11) is -3.86. The van der Waals surface area contributed by atoms with Crippen molar-refractivity contribution in [1.29, 1.82) is 0 Å². The molecule has 1 aliphatic heterocycles. The van der Waals surface area contributed by atoms with E-state index in [1.54, 1.807) is 0 Å². The minimum absolute atomic E-state index is 0.0255. The molecule has 2 aromatic rings. The Balaban J connectivity index is 1.62. The molecule has 1 amide bonds. The van der Waals surface area contributed by atoms with Crippen molar-refractivity contribution in [1.82, 2.24) is 19.8 Å². The summed E-state index contributed by atoms with van der Waals surface area (Å²) in [5.74, 6) is 0.146. The summed E-state index contributed by atoms with van der Waals surface area (Å²) in [4.78, 5) is 16.6. The SMILES string of the molecule is CCc1nc(CCNC(=O)[C@H]2CCCN2S(=O)(=O)c2ccc(F)cc2)no1. The van der Waals surface area contributed by atoms with Gasteiger partial charge in [0.25, 0.3) is 0 Å². The van der Waals surface area contributed by atoms with E-state index in [1.807, 2.05) is 6.92 Å². The molecule has 1 fully saturated rings. The van der Waals surface area contributed by atoms with Gasteiger partial charge in [-0.3, -0.25) is 4.79 Å². The van der Waals surface area contributed by atoms with Crippen molar-refractivity contribution in [3.63, 3.8) is 0 Å². The summed E-state index contributed by atoms with van der Waals surface area (Å²) in [5, 5.41) is 6.54. The molecular formula is C17H21FN4O4S. The van der Waals surface area contributed by atoms with Gasteiger partial charge in [-0.2, -0.15) is 9.29 Å². The third kappa shape index (κ3) is 4.33. The lowest BCUT2D eigenvalue weighted by atomic mass is 10.2. The van der Waals surface area contributed by atoms with Crippen molar-refractivity contribution >= 4 is 15.9 Å². The number of nitrogens with one attached hydrogen (secondary N) is 1. The molecule has 0 radical (unpaired) electrons. The second kappa shape index (κ2) is 8.13. The highest BCUT2D eigenvalue weighted by molar-refractivity contribution is 7.89. The molecule has 1 saturated heterocycles. The molecule has 10 heteroatoms. The molecular weight excluding hydrogens is 375 g/mol. The average molecular weight is 396 g/mol. The first-order valence-electron chi connectivity index (χ1n) is 8.78. The zero-order valence-electron chi connectivity index (χ0n) is 14.9. The number of hydrogen-bond acceptors (Lipinski definition) is 6. The number of aromatic nitrogens is 2. The van der Waals surface area contributed by atoms with Gasteiger partial charge in [-0.15, -0.1) is 0 Å². The highest BCUT2D eigenvalue weighted by Crippen LogP contribution is 2.26. The van der Waals surface area contributed by atoms with Gasteiger partial charge >= 0.3 is 0 Å². The number of halogens is 1. The van der Waals surface area contributed by atoms with Gasteiger partial charge in [-0.05, 0) is 37.1 Å². The molecule has 3 rings (SSSR count). The van der Waals surface area contributed by atoms with Crippen LogP contribution in [-0.4, -0.2) is 47.9 Å². The van der Waals surface area contributed by atoms with Crippen LogP contribution in [0.4, 0.5) is 4.39 Å². The van der Waals surface area contributed by atoms with E-state index in [-0.39, 0.29) is 23.9 Å². The van der Waals surface area contributed by atoms with Crippen molar-refractivity contribution in [3.8, 4) is 0 Å². The highest BCUT2D eigenvalue weighted by atomic mass is 32.2. The van der Waals surface area contributed by atoms with E-state index in [1.165, 1.54) is 16.4 Å². The van der Waals surface area contributed by atoms with Gasteiger partial charge in [0, 0.05) is 25.9 Å². The Morgan fingerprint density at radius 1 is 1.37 bits per heavy atom. The van der Waals surface area contributed by atoms with E-state index in [0.717, 1.165) is 12.1 Å². The van der Waals surface area contributed by atoms with Crippen LogP contribution >= 0.6 is 0 Å². The topological polar surface area (TPSA) is 105 Å². The lowest BCUT2D eigenvalue weighted by Gasteiger charge is -2.23. The lowest BCUT2D eigenvalue weighted by Crippen LogP contribution is -2.46. The van der Waals surface area contributed by atoms with Crippen LogP contribution in [0, 0.1) is 5.82 Å². The minimum Gasteiger partial charge on any atom is -0.354 e. The van der Waals surface area contributed by atoms with Crippen LogP contribution in [-0.2, 0) is 27.7 Å². The maximum Gasteiger partial charge on any atom is 0.243 e. The Morgan fingerprint density at radius 3 is 2.78 bits per heavy atom. The number of amides is 1. The molecule has 0 aliphatic carbocycles. The largest absolute Gasteiger partial charge is 0.354 e. The smallest absolute Gasteiger partial charge is 0.243 e. The number of rotatable bonds is 7. The van der Waals surface area contributed by atoms with Gasteiger partial charge in [-0.25, -0.2) is 12.8 Å². The first-order valence-corrected chi connectivity index (χ1v) is 10.2. The summed E-state index contributed by atoms with van der Waals surface area (Å²) in [5.41, 5.74) is 0. The number of benzene rings is 1. The third-order valence-electron chi connectivity index (χ3n) is 4.39. The number of aryl methyl sites for hydroxylation is 1. The summed E-state index contributed by atoms with van der Waals surface area (Å²) in [6.07, 6.45) is 2.06. The van der Waals surface area contributed by atoms with Crippen LogP contribution in [0.25, 0.3) is 0 Å². The normalized spacial score (nSPS) is 17.9. The summed E-state index contributed by atoms with van der Waals surface area (Å²) in [6.45, 7) is 2.43. The van der Waals surface area contributed by atoms with Gasteiger partial charge < -0.3 is 9.84 Å². The average Bonchev–Trinajstić information content (AvgIpc) is 3.31. The van der Waals surface area contributed by atoms with Gasteiger partial charge in [-0.1, -0.05) is 12.1 Å². The molecule has 0 spiro atoms. The number of carbonyl (C=O) groups is 1. The third-order valence-corrected chi connectivity index (χ3v) is 6.31. The second-order valence-electron chi connectivity index (χ2n) is 6.23. The van der Waals surface area contributed by atoms with Gasteiger partial charge in [0.15, 0.2) is 5.82 Å². The number of nitrogens with zero attached hydrogens (tertiary/aromatic N) is 3. The molecule has 0 unspecified atom stereocenters. The highest BCUT2D eigenvalue weighted by Gasteiger charge is 2.39. The van der Waals surface area contributed by atoms with Gasteiger partial charge in [0.1, 0.15) is 11.9 Å². The molecule has 1 aromatic carbocycles. The van der Waals surface area contributed by atoms with Crippen molar-refractivity contribution < 1.29 is 22.1 Å². The van der Waals surface area contributed by atoms with E-state index in [2.05, 4.69) is 15.5 Å². The zero-order chi connectivity index (χ0) is 19.4. The van der Waals surface area contributed by atoms with E-state index < -0.39 is 21.9 Å². The van der Waals surface area contributed by atoms with Crippen molar-refractivity contribution in [2.45, 2.75) is 43.5 Å². The molecule has 146 valence electrons. The fraction of sp³-hybridized carbons (Fsp3) is 0.471. The number of sulfonamides is 1. The molecule has 2 heterocycles. The summed E-state index contributed by atoms with van der Waals surface area (Å²) < 4.78 is 44.8. The van der Waals surface area contributed by atoms with Crippen LogP contribution in [0.15, 0.2) is 33.7 Å². The molecule has 0 bridgehead atoms. The second-order valence-corrected chi connectivity index (χ2v) is 8.12. The molecule has 27 heavy (non-hydrogen) atoms. The quantitative estimate of drug-likeness (QED) is 0.756. The molecule has 1 aromatic heterocycles. The van der Waals surface area contributed by atoms with E-state index in [0.29, 0.717) is 37.4 Å². The Morgan fingerprint density at radius 2 is 2.11 bits per heavy atom. The molecule has 1 aliphatic rings. The predicted octanol–water partition coefficient (Wildman–Crippen LogP) is 1.28. The molecule has 0 saturated carbocycles. The Hall–Kier alpha value is -2.33. The lowest BCUT2D eigenvalue weighted by molar-refractivity contribution is -0.124. The van der Waals surface area contributed by atoms with Crippen molar-refractivity contribution in [3.05, 3.63) is 41.8 Å². The van der Waals surface area contributed by atoms with Crippen molar-refractivity contribution in [2.75, 3.05) is 13.1 Å². The Kier molecular flexibility index (Phi) is 5.85. The van der Waals surface area contributed by atoms with E-state index in [9.17, 15) is 17.6 Å². The fourth-order valence-electron chi connectivity index (χ4n) is 2.98. The first-order chi connectivity index (χ1) is 12.9. The predicted molar refractivity (Wildman–Crippen MR) is 93.7 cm³/mol. The monoisotopic (exact) mass is 396 g/mol. The Bertz CT molecular complexity index is 898. The van der Waals surface area contributed by atoms with Crippen LogP contribution < -0.4 is 5.32 Å². The molecule has 1 atom stereocenters. The fourth-order valence-corrected chi connectivity index (χ4v) is 4.64. The van der Waals surface area contributed by atoms with Gasteiger partial charge in [0.05, 0.1) is 4.90 Å². The standard InChI is InChI=1S/C17H21FN4O4S/c1-2-16-20-15(21-26-16)9-10-19-17(23)14-4-3-11-22(14)27(24,25)13-7-5-12(18)6-8-13/h5-8,14H,2-4,9-11H2,1H3,(H,19,23)/t14-/m1/s1. The summed E-state index contributed by atoms with van der Waals surface area (Å²) in [6, 6.07) is 3.82. The van der Waals surface area contributed by atoms with Crippen LogP contribution in [0.3, 0.4) is 0 Å². The van der Waals surface area contributed by atoms with E-state index >= 15 is 0 Å². The van der Waals surface area contributed by atoms with Crippen molar-refractivity contribution in [2.24, 2.45) is 0 Å². The van der Waals surface area contributed by atoms with E-state index in [4.69, 9.17) is 4.52 Å². The zero-order valence-corrected chi connectivity index (χ0v) is 15.7. The van der Waals surface area contributed by atoms with Crippen LogP contribution in [0.2, 0.25) is 0 Å². The Labute approximate surface area is 156 Å².